The Morgan fingerprint density at radius 2 is 1.76 bits per heavy atom. The average molecular weight is 303 g/mol. The SMILES string of the molecule is Cc1ccc(S(=O)(=O)c2c[nH]c3nc(N)nc(N)c23)cc1. The van der Waals surface area contributed by atoms with Crippen LogP contribution in [0.4, 0.5) is 11.8 Å². The molecule has 0 bridgehead atoms. The molecule has 108 valence electrons. The quantitative estimate of drug-likeness (QED) is 0.654. The fourth-order valence-electron chi connectivity index (χ4n) is 2.11. The Hall–Kier alpha value is -2.61. The number of aryl methyl sites for hydroxylation is 1. The Kier molecular flexibility index (Phi) is 2.84. The number of benzene rings is 1. The number of rotatable bonds is 2. The van der Waals surface area contributed by atoms with Gasteiger partial charge in [-0.1, -0.05) is 17.7 Å². The molecule has 21 heavy (non-hydrogen) atoms. The normalized spacial score (nSPS) is 11.9. The van der Waals surface area contributed by atoms with Crippen molar-refractivity contribution in [3.8, 4) is 0 Å². The summed E-state index contributed by atoms with van der Waals surface area (Å²) >= 11 is 0. The molecular formula is C13H13N5O2S. The van der Waals surface area contributed by atoms with Crippen molar-refractivity contribution in [1.29, 1.82) is 0 Å². The summed E-state index contributed by atoms with van der Waals surface area (Å²) < 4.78 is 25.4. The molecule has 0 aliphatic heterocycles. The van der Waals surface area contributed by atoms with E-state index in [-0.39, 0.29) is 26.9 Å². The largest absolute Gasteiger partial charge is 0.383 e. The fourth-order valence-corrected chi connectivity index (χ4v) is 3.54. The van der Waals surface area contributed by atoms with Gasteiger partial charge in [0.2, 0.25) is 15.8 Å². The van der Waals surface area contributed by atoms with E-state index in [1.54, 1.807) is 24.3 Å². The Morgan fingerprint density at radius 3 is 2.43 bits per heavy atom. The van der Waals surface area contributed by atoms with Gasteiger partial charge >= 0.3 is 0 Å². The molecule has 0 amide bonds. The molecule has 0 fully saturated rings. The smallest absolute Gasteiger partial charge is 0.223 e. The zero-order valence-electron chi connectivity index (χ0n) is 11.2. The number of aromatic amines is 1. The first-order valence-corrected chi connectivity index (χ1v) is 7.60. The zero-order chi connectivity index (χ0) is 15.2. The summed E-state index contributed by atoms with van der Waals surface area (Å²) in [4.78, 5) is 10.8. The number of nitrogen functional groups attached to an aromatic ring is 2. The van der Waals surface area contributed by atoms with E-state index in [4.69, 9.17) is 11.5 Å². The van der Waals surface area contributed by atoms with E-state index in [2.05, 4.69) is 15.0 Å². The number of hydrogen-bond acceptors (Lipinski definition) is 6. The summed E-state index contributed by atoms with van der Waals surface area (Å²) in [5, 5.41) is 0.254. The molecule has 0 unspecified atom stereocenters. The molecule has 1 aromatic carbocycles. The average Bonchev–Trinajstić information content (AvgIpc) is 2.83. The standard InChI is InChI=1S/C13H13N5O2S/c1-7-2-4-8(5-3-7)21(19,20)9-6-16-12-10(9)11(14)17-13(15)18-12/h2-6H,1H3,(H5,14,15,16,17,18). The summed E-state index contributed by atoms with van der Waals surface area (Å²) in [6, 6.07) is 6.58. The third-order valence-corrected chi connectivity index (χ3v) is 4.96. The van der Waals surface area contributed by atoms with Gasteiger partial charge in [0.25, 0.3) is 0 Å². The van der Waals surface area contributed by atoms with Crippen LogP contribution in [0.3, 0.4) is 0 Å². The van der Waals surface area contributed by atoms with Gasteiger partial charge in [-0.05, 0) is 19.1 Å². The van der Waals surface area contributed by atoms with Gasteiger partial charge in [-0.3, -0.25) is 0 Å². The number of H-pyrrole nitrogens is 1. The minimum atomic E-state index is -3.71. The van der Waals surface area contributed by atoms with Crippen LogP contribution in [-0.4, -0.2) is 23.4 Å². The van der Waals surface area contributed by atoms with Crippen molar-refractivity contribution in [3.63, 3.8) is 0 Å². The van der Waals surface area contributed by atoms with Crippen LogP contribution < -0.4 is 11.5 Å². The van der Waals surface area contributed by atoms with Crippen LogP contribution in [0.5, 0.6) is 0 Å². The van der Waals surface area contributed by atoms with Gasteiger partial charge in [-0.15, -0.1) is 0 Å². The molecule has 0 saturated carbocycles. The minimum absolute atomic E-state index is 0.0128. The maximum atomic E-state index is 12.7. The van der Waals surface area contributed by atoms with Gasteiger partial charge in [0.15, 0.2) is 0 Å². The molecule has 3 rings (SSSR count). The van der Waals surface area contributed by atoms with E-state index in [0.29, 0.717) is 5.65 Å². The Labute approximate surface area is 120 Å². The molecule has 0 atom stereocenters. The second-order valence-electron chi connectivity index (χ2n) is 4.66. The van der Waals surface area contributed by atoms with Crippen molar-refractivity contribution in [1.82, 2.24) is 15.0 Å². The third-order valence-electron chi connectivity index (χ3n) is 3.16. The number of sulfone groups is 1. The summed E-state index contributed by atoms with van der Waals surface area (Å²) in [6.07, 6.45) is 1.35. The molecule has 0 aliphatic carbocycles. The molecule has 0 aliphatic rings. The molecule has 7 nitrogen and oxygen atoms in total. The summed E-state index contributed by atoms with van der Waals surface area (Å²) in [5.74, 6) is 0.0190. The second-order valence-corrected chi connectivity index (χ2v) is 6.58. The van der Waals surface area contributed by atoms with Crippen LogP contribution in [0.2, 0.25) is 0 Å². The lowest BCUT2D eigenvalue weighted by Gasteiger charge is -2.05. The number of nitrogens with zero attached hydrogens (tertiary/aromatic N) is 2. The predicted molar refractivity (Wildman–Crippen MR) is 79.3 cm³/mol. The minimum Gasteiger partial charge on any atom is -0.383 e. The van der Waals surface area contributed by atoms with Crippen molar-refractivity contribution in [2.75, 3.05) is 11.5 Å². The number of nitrogens with one attached hydrogen (secondary N) is 1. The highest BCUT2D eigenvalue weighted by atomic mass is 32.2. The van der Waals surface area contributed by atoms with Gasteiger partial charge in [0.1, 0.15) is 16.4 Å². The van der Waals surface area contributed by atoms with Crippen molar-refractivity contribution in [2.24, 2.45) is 0 Å². The van der Waals surface area contributed by atoms with E-state index < -0.39 is 9.84 Å². The van der Waals surface area contributed by atoms with Gasteiger partial charge in [-0.25, -0.2) is 8.42 Å². The van der Waals surface area contributed by atoms with Crippen LogP contribution in [0.25, 0.3) is 11.0 Å². The number of hydrogen-bond donors (Lipinski definition) is 3. The van der Waals surface area contributed by atoms with Crippen LogP contribution in [0.15, 0.2) is 40.3 Å². The van der Waals surface area contributed by atoms with Gasteiger partial charge in [-0.2, -0.15) is 9.97 Å². The molecule has 0 spiro atoms. The van der Waals surface area contributed by atoms with E-state index >= 15 is 0 Å². The summed E-state index contributed by atoms with van der Waals surface area (Å²) in [7, 11) is -3.71. The molecule has 3 aromatic rings. The first-order valence-electron chi connectivity index (χ1n) is 6.11. The Bertz CT molecular complexity index is 929. The third kappa shape index (κ3) is 2.09. The first kappa shape index (κ1) is 13.4. The van der Waals surface area contributed by atoms with Crippen molar-refractivity contribution in [3.05, 3.63) is 36.0 Å². The van der Waals surface area contributed by atoms with E-state index in [0.717, 1.165) is 5.56 Å². The van der Waals surface area contributed by atoms with Crippen LogP contribution in [-0.2, 0) is 9.84 Å². The monoisotopic (exact) mass is 303 g/mol. The van der Waals surface area contributed by atoms with Crippen LogP contribution >= 0.6 is 0 Å². The van der Waals surface area contributed by atoms with E-state index in [9.17, 15) is 8.42 Å². The van der Waals surface area contributed by atoms with Gasteiger partial charge in [0, 0.05) is 6.20 Å². The number of anilines is 2. The molecule has 0 radical (unpaired) electrons. The molecular weight excluding hydrogens is 290 g/mol. The predicted octanol–water partition coefficient (Wildman–Crippen LogP) is 1.26. The lowest BCUT2D eigenvalue weighted by molar-refractivity contribution is 0.597. The van der Waals surface area contributed by atoms with Gasteiger partial charge in [0.05, 0.1) is 10.3 Å². The van der Waals surface area contributed by atoms with Crippen molar-refractivity contribution in [2.45, 2.75) is 16.7 Å². The molecule has 5 N–H and O–H groups in total. The zero-order valence-corrected chi connectivity index (χ0v) is 12.0. The fraction of sp³-hybridized carbons (Fsp3) is 0.0769. The van der Waals surface area contributed by atoms with Crippen LogP contribution in [0.1, 0.15) is 5.56 Å². The molecule has 8 heteroatoms. The molecule has 0 saturated heterocycles. The summed E-state index contributed by atoms with van der Waals surface area (Å²) in [6.45, 7) is 1.89. The molecule has 2 heterocycles. The molecule has 2 aromatic heterocycles. The lowest BCUT2D eigenvalue weighted by atomic mass is 10.2. The van der Waals surface area contributed by atoms with E-state index in [1.165, 1.54) is 6.20 Å². The van der Waals surface area contributed by atoms with Crippen molar-refractivity contribution < 1.29 is 8.42 Å². The Balaban J connectivity index is 2.27. The van der Waals surface area contributed by atoms with Crippen LogP contribution in [0, 0.1) is 6.92 Å². The van der Waals surface area contributed by atoms with Gasteiger partial charge < -0.3 is 16.5 Å². The lowest BCUT2D eigenvalue weighted by Crippen LogP contribution is -2.04. The number of aromatic nitrogens is 3. The highest BCUT2D eigenvalue weighted by molar-refractivity contribution is 7.91. The number of nitrogens with two attached hydrogens (primary N) is 2. The van der Waals surface area contributed by atoms with E-state index in [1.807, 2.05) is 6.92 Å². The highest BCUT2D eigenvalue weighted by Crippen LogP contribution is 2.30. The summed E-state index contributed by atoms with van der Waals surface area (Å²) in [5.41, 5.74) is 12.6. The maximum absolute atomic E-state index is 12.7. The topological polar surface area (TPSA) is 128 Å². The van der Waals surface area contributed by atoms with Crippen molar-refractivity contribution >= 4 is 32.6 Å². The maximum Gasteiger partial charge on any atom is 0.223 e. The number of fused-ring (bicyclic) bond motifs is 1. The first-order chi connectivity index (χ1) is 9.89. The Morgan fingerprint density at radius 1 is 1.10 bits per heavy atom. The second kappa shape index (κ2) is 4.45. The highest BCUT2D eigenvalue weighted by Gasteiger charge is 2.24.